The molecule has 0 bridgehead atoms. The van der Waals surface area contributed by atoms with Gasteiger partial charge in [0.2, 0.25) is 11.8 Å². The number of primary amides is 1. The third-order valence-electron chi connectivity index (χ3n) is 7.80. The van der Waals surface area contributed by atoms with Crippen molar-refractivity contribution in [2.45, 2.75) is 48.9 Å². The van der Waals surface area contributed by atoms with Crippen LogP contribution in [0.25, 0.3) is 0 Å². The summed E-state index contributed by atoms with van der Waals surface area (Å²) in [6.07, 6.45) is 0.902. The number of hydrogen-bond acceptors (Lipinski definition) is 7. The standard InChI is InChI=1S/C32H37F2N5O6S/c1-18(2)46(43,44)28-13-10-21(36-32(42)38(3)4)17-22(28)26-7-6-14-39(26)31(41)29(19-8-12-24(34)27(16-19)45-5)37-25-15-20(30(35)40)9-11-23(25)33/h8-13,15-18,26,29,37H,6-7,14H2,1-5H3,(H2,35,40)(H,36,42)/t26?,29-/m0/s1. The van der Waals surface area contributed by atoms with E-state index < -0.39 is 56.7 Å². The van der Waals surface area contributed by atoms with Crippen molar-refractivity contribution >= 4 is 39.1 Å². The van der Waals surface area contributed by atoms with E-state index in [2.05, 4.69) is 10.6 Å². The molecular weight excluding hydrogens is 620 g/mol. The SMILES string of the molecule is COc1cc([C@H](Nc2cc(C(N)=O)ccc2F)C(=O)N2CCCC2c2cc(NC(=O)N(C)C)ccc2S(=O)(=O)C(C)C)ccc1F. The van der Waals surface area contributed by atoms with Crippen LogP contribution in [0.3, 0.4) is 0 Å². The summed E-state index contributed by atoms with van der Waals surface area (Å²) >= 11 is 0. The Morgan fingerprint density at radius 3 is 2.35 bits per heavy atom. The number of hydrogen-bond donors (Lipinski definition) is 3. The van der Waals surface area contributed by atoms with Crippen LogP contribution in [-0.4, -0.2) is 69.1 Å². The number of urea groups is 1. The molecule has 3 aromatic carbocycles. The van der Waals surface area contributed by atoms with Crippen molar-refractivity contribution < 1.29 is 36.3 Å². The van der Waals surface area contributed by atoms with Gasteiger partial charge in [0.25, 0.3) is 0 Å². The highest BCUT2D eigenvalue weighted by Gasteiger charge is 2.38. The number of carbonyl (C=O) groups excluding carboxylic acids is 3. The van der Waals surface area contributed by atoms with Gasteiger partial charge in [-0.2, -0.15) is 0 Å². The van der Waals surface area contributed by atoms with E-state index >= 15 is 4.39 Å². The number of sulfone groups is 1. The molecule has 1 fully saturated rings. The van der Waals surface area contributed by atoms with E-state index in [-0.39, 0.29) is 34.0 Å². The third-order valence-corrected chi connectivity index (χ3v) is 10.0. The van der Waals surface area contributed by atoms with Crippen molar-refractivity contribution in [1.29, 1.82) is 0 Å². The number of anilines is 2. The number of nitrogens with two attached hydrogens (primary N) is 1. The summed E-state index contributed by atoms with van der Waals surface area (Å²) < 4.78 is 61.6. The molecular formula is C32H37F2N5O6S. The number of nitrogens with zero attached hydrogens (tertiary/aromatic N) is 2. The first-order valence-corrected chi connectivity index (χ1v) is 16.1. The molecule has 14 heteroatoms. The molecule has 0 saturated carbocycles. The first-order valence-electron chi connectivity index (χ1n) is 14.5. The van der Waals surface area contributed by atoms with Crippen LogP contribution in [0.5, 0.6) is 5.75 Å². The maximum Gasteiger partial charge on any atom is 0.321 e. The number of amides is 4. The monoisotopic (exact) mass is 657 g/mol. The summed E-state index contributed by atoms with van der Waals surface area (Å²) in [5.74, 6) is -3.00. The van der Waals surface area contributed by atoms with Gasteiger partial charge < -0.3 is 30.9 Å². The molecule has 1 aliphatic heterocycles. The lowest BCUT2D eigenvalue weighted by Gasteiger charge is -2.32. The van der Waals surface area contributed by atoms with E-state index in [4.69, 9.17) is 10.5 Å². The maximum absolute atomic E-state index is 15.0. The number of halogens is 2. The molecule has 4 N–H and O–H groups in total. The molecule has 11 nitrogen and oxygen atoms in total. The normalized spacial score (nSPS) is 15.4. The number of likely N-dealkylation sites (tertiary alicyclic amines) is 1. The molecule has 1 unspecified atom stereocenters. The summed E-state index contributed by atoms with van der Waals surface area (Å²) in [6, 6.07) is 9.12. The Morgan fingerprint density at radius 2 is 1.72 bits per heavy atom. The number of rotatable bonds is 10. The van der Waals surface area contributed by atoms with Crippen LogP contribution in [0.15, 0.2) is 59.5 Å². The van der Waals surface area contributed by atoms with Crippen LogP contribution in [0.2, 0.25) is 0 Å². The van der Waals surface area contributed by atoms with E-state index in [0.29, 0.717) is 24.1 Å². The lowest BCUT2D eigenvalue weighted by Crippen LogP contribution is -2.38. The van der Waals surface area contributed by atoms with E-state index in [9.17, 15) is 27.2 Å². The highest BCUT2D eigenvalue weighted by Crippen LogP contribution is 2.40. The van der Waals surface area contributed by atoms with E-state index in [1.807, 2.05) is 0 Å². The highest BCUT2D eigenvalue weighted by molar-refractivity contribution is 7.92. The fourth-order valence-electron chi connectivity index (χ4n) is 5.24. The minimum absolute atomic E-state index is 0.00838. The Balaban J connectivity index is 1.84. The van der Waals surface area contributed by atoms with Gasteiger partial charge in [0.1, 0.15) is 11.9 Å². The van der Waals surface area contributed by atoms with Gasteiger partial charge in [-0.3, -0.25) is 9.59 Å². The molecule has 4 rings (SSSR count). The van der Waals surface area contributed by atoms with Crippen LogP contribution < -0.4 is 21.1 Å². The van der Waals surface area contributed by atoms with Crippen LogP contribution >= 0.6 is 0 Å². The van der Waals surface area contributed by atoms with Gasteiger partial charge in [-0.05, 0) is 86.3 Å². The topological polar surface area (TPSA) is 151 Å². The Morgan fingerprint density at radius 1 is 1.02 bits per heavy atom. The molecule has 3 aromatic rings. The Hall–Kier alpha value is -4.72. The fraction of sp³-hybridized carbons (Fsp3) is 0.344. The van der Waals surface area contributed by atoms with Crippen molar-refractivity contribution in [2.75, 3.05) is 38.4 Å². The highest BCUT2D eigenvalue weighted by atomic mass is 32.2. The quantitative estimate of drug-likeness (QED) is 0.282. The summed E-state index contributed by atoms with van der Waals surface area (Å²) in [5, 5.41) is 4.81. The van der Waals surface area contributed by atoms with Crippen LogP contribution in [0.1, 0.15) is 60.3 Å². The Bertz CT molecular complexity index is 1770. The Labute approximate surface area is 266 Å². The molecule has 246 valence electrons. The zero-order valence-corrected chi connectivity index (χ0v) is 27.0. The van der Waals surface area contributed by atoms with Crippen LogP contribution in [-0.2, 0) is 14.6 Å². The van der Waals surface area contributed by atoms with Crippen molar-refractivity contribution in [3.8, 4) is 5.75 Å². The minimum atomic E-state index is -3.84. The first-order chi connectivity index (χ1) is 21.6. The Kier molecular flexibility index (Phi) is 10.2. The first kappa shape index (κ1) is 34.2. The summed E-state index contributed by atoms with van der Waals surface area (Å²) in [6.45, 7) is 3.32. The van der Waals surface area contributed by atoms with E-state index in [1.165, 1.54) is 53.3 Å². The molecule has 0 aromatic heterocycles. The lowest BCUT2D eigenvalue weighted by atomic mass is 10.0. The number of methoxy groups -OCH3 is 1. The number of benzene rings is 3. The molecule has 0 radical (unpaired) electrons. The third kappa shape index (κ3) is 7.06. The largest absolute Gasteiger partial charge is 0.494 e. The zero-order chi connectivity index (χ0) is 33.9. The van der Waals surface area contributed by atoms with Gasteiger partial charge in [-0.15, -0.1) is 0 Å². The van der Waals surface area contributed by atoms with Crippen molar-refractivity contribution in [1.82, 2.24) is 9.80 Å². The number of nitrogens with one attached hydrogen (secondary N) is 2. The smallest absolute Gasteiger partial charge is 0.321 e. The molecule has 46 heavy (non-hydrogen) atoms. The van der Waals surface area contributed by atoms with Crippen molar-refractivity contribution in [3.63, 3.8) is 0 Å². The lowest BCUT2D eigenvalue weighted by molar-refractivity contribution is -0.133. The van der Waals surface area contributed by atoms with Crippen molar-refractivity contribution in [2.24, 2.45) is 5.73 Å². The molecule has 0 spiro atoms. The van der Waals surface area contributed by atoms with E-state index in [1.54, 1.807) is 34.0 Å². The maximum atomic E-state index is 15.0. The van der Waals surface area contributed by atoms with Crippen molar-refractivity contribution in [3.05, 3.63) is 82.9 Å². The number of ether oxygens (including phenoxy) is 1. The summed E-state index contributed by atoms with van der Waals surface area (Å²) in [7, 11) is 0.545. The van der Waals surface area contributed by atoms with Gasteiger partial charge in [-0.1, -0.05) is 6.07 Å². The number of carbonyl (C=O) groups is 3. The van der Waals surface area contributed by atoms with Gasteiger partial charge >= 0.3 is 6.03 Å². The van der Waals surface area contributed by atoms with Gasteiger partial charge in [0.05, 0.1) is 29.0 Å². The van der Waals surface area contributed by atoms with Crippen LogP contribution in [0, 0.1) is 11.6 Å². The second kappa shape index (κ2) is 13.7. The minimum Gasteiger partial charge on any atom is -0.494 e. The molecule has 2 atom stereocenters. The predicted molar refractivity (Wildman–Crippen MR) is 169 cm³/mol. The summed E-state index contributed by atoms with van der Waals surface area (Å²) in [4.78, 5) is 41.6. The van der Waals surface area contributed by atoms with Gasteiger partial charge in [0.15, 0.2) is 21.4 Å². The summed E-state index contributed by atoms with van der Waals surface area (Å²) in [5.41, 5.74) is 6.06. The molecule has 4 amide bonds. The second-order valence-electron chi connectivity index (χ2n) is 11.4. The average Bonchev–Trinajstić information content (AvgIpc) is 3.50. The predicted octanol–water partition coefficient (Wildman–Crippen LogP) is 4.86. The van der Waals surface area contributed by atoms with Gasteiger partial charge in [0, 0.05) is 31.9 Å². The van der Waals surface area contributed by atoms with Crippen LogP contribution in [0.4, 0.5) is 25.0 Å². The molecule has 0 aliphatic carbocycles. The average molecular weight is 658 g/mol. The zero-order valence-electron chi connectivity index (χ0n) is 26.1. The van der Waals surface area contributed by atoms with Gasteiger partial charge in [-0.25, -0.2) is 22.0 Å². The fourth-order valence-corrected chi connectivity index (χ4v) is 6.53. The molecule has 1 aliphatic rings. The molecule has 1 saturated heterocycles. The second-order valence-corrected chi connectivity index (χ2v) is 13.9. The van der Waals surface area contributed by atoms with E-state index in [0.717, 1.165) is 12.1 Å². The molecule has 1 heterocycles.